The van der Waals surface area contributed by atoms with Crippen LogP contribution >= 0.6 is 15.9 Å². The van der Waals surface area contributed by atoms with Crippen LogP contribution in [0, 0.1) is 0 Å². The van der Waals surface area contributed by atoms with Gasteiger partial charge < -0.3 is 10.1 Å². The number of carbonyl (C=O) groups is 1. The van der Waals surface area contributed by atoms with E-state index in [-0.39, 0.29) is 5.69 Å². The maximum Gasteiger partial charge on any atom is 0.441 e. The number of halogens is 1. The van der Waals surface area contributed by atoms with Crippen LogP contribution in [0.2, 0.25) is 0 Å². The number of carbonyl (C=O) groups excluding carboxylic acids is 1. The third-order valence-corrected chi connectivity index (χ3v) is 3.82. The summed E-state index contributed by atoms with van der Waals surface area (Å²) in [6.45, 7) is 0. The molecule has 7 nitrogen and oxygen atoms in total. The first-order chi connectivity index (χ1) is 11.6. The Kier molecular flexibility index (Phi) is 4.48. The molecule has 0 radical (unpaired) electrons. The van der Waals surface area contributed by atoms with E-state index in [1.165, 1.54) is 4.68 Å². The lowest BCUT2D eigenvalue weighted by molar-refractivity contribution is -0.672. The van der Waals surface area contributed by atoms with E-state index in [0.29, 0.717) is 17.1 Å². The minimum atomic E-state index is -0.763. The summed E-state index contributed by atoms with van der Waals surface area (Å²) in [5.74, 6) is 0.0780. The molecule has 0 fully saturated rings. The van der Waals surface area contributed by atoms with E-state index in [0.717, 1.165) is 4.47 Å². The summed E-state index contributed by atoms with van der Waals surface area (Å²) in [5.41, 5.74) is 0.191. The lowest BCUT2D eigenvalue weighted by Crippen LogP contribution is -2.42. The van der Waals surface area contributed by atoms with Gasteiger partial charge in [-0.15, -0.1) is 0 Å². The van der Waals surface area contributed by atoms with E-state index in [1.54, 1.807) is 55.6 Å². The highest BCUT2D eigenvalue weighted by molar-refractivity contribution is 9.10. The van der Waals surface area contributed by atoms with Crippen molar-refractivity contribution in [2.45, 2.75) is 0 Å². The number of benzene rings is 2. The average Bonchev–Trinajstić information content (AvgIpc) is 2.98. The summed E-state index contributed by atoms with van der Waals surface area (Å²) in [4.78, 5) is 24.4. The van der Waals surface area contributed by atoms with Crippen LogP contribution in [0.15, 0.2) is 62.3 Å². The van der Waals surface area contributed by atoms with E-state index in [9.17, 15) is 9.59 Å². The van der Waals surface area contributed by atoms with E-state index < -0.39 is 11.5 Å². The molecule has 8 heteroatoms. The Morgan fingerprint density at radius 3 is 2.46 bits per heavy atom. The maximum atomic E-state index is 12.4. The zero-order valence-electron chi connectivity index (χ0n) is 12.6. The van der Waals surface area contributed by atoms with E-state index in [4.69, 9.17) is 9.26 Å². The Morgan fingerprint density at radius 1 is 1.17 bits per heavy atom. The second kappa shape index (κ2) is 6.71. The fraction of sp³-hybridized carbons (Fsp3) is 0.0625. The van der Waals surface area contributed by atoms with Crippen LogP contribution < -0.4 is 20.4 Å². The number of hydrogen-bond donors (Lipinski definition) is 2. The maximum absolute atomic E-state index is 12.4. The molecule has 0 aliphatic rings. The Hall–Kier alpha value is -2.87. The molecular formula is C16H13BrN3O4+. The van der Waals surface area contributed by atoms with E-state index in [2.05, 4.69) is 26.5 Å². The number of H-pyrrole nitrogens is 1. The number of aromatic nitrogens is 2. The fourth-order valence-electron chi connectivity index (χ4n) is 2.10. The van der Waals surface area contributed by atoms with Crippen LogP contribution in [-0.4, -0.2) is 18.3 Å². The normalized spacial score (nSPS) is 10.4. The minimum absolute atomic E-state index is 0.164. The number of hydrogen-bond acceptors (Lipinski definition) is 4. The molecule has 1 aromatic heterocycles. The number of nitrogens with one attached hydrogen (secondary N) is 2. The quantitative estimate of drug-likeness (QED) is 0.668. The van der Waals surface area contributed by atoms with Crippen molar-refractivity contribution < 1.29 is 18.7 Å². The van der Waals surface area contributed by atoms with Gasteiger partial charge in [0.05, 0.1) is 7.11 Å². The van der Waals surface area contributed by atoms with E-state index in [1.807, 2.05) is 0 Å². The topological polar surface area (TPSA) is 88.2 Å². The minimum Gasteiger partial charge on any atom is -0.497 e. The van der Waals surface area contributed by atoms with Crippen molar-refractivity contribution in [2.24, 2.45) is 0 Å². The Morgan fingerprint density at radius 2 is 1.83 bits per heavy atom. The first-order valence-electron chi connectivity index (χ1n) is 6.93. The van der Waals surface area contributed by atoms with Gasteiger partial charge in [-0.3, -0.25) is 9.32 Å². The van der Waals surface area contributed by atoms with Crippen LogP contribution in [0.25, 0.3) is 5.69 Å². The van der Waals surface area contributed by atoms with Crippen LogP contribution in [-0.2, 0) is 0 Å². The predicted octanol–water partition coefficient (Wildman–Crippen LogP) is 2.27. The van der Waals surface area contributed by atoms with Crippen molar-refractivity contribution in [2.75, 3.05) is 12.4 Å². The molecule has 0 bridgehead atoms. The number of ether oxygens (including phenoxy) is 1. The first kappa shape index (κ1) is 16.0. The molecule has 0 atom stereocenters. The SMILES string of the molecule is COc1ccc(-[n+]2[nH]oc(=O)c2C(=O)Nc2ccc(Br)cc2)cc1. The van der Waals surface area contributed by atoms with Crippen LogP contribution in [0.1, 0.15) is 10.5 Å². The van der Waals surface area contributed by atoms with Crippen molar-refractivity contribution in [3.8, 4) is 11.4 Å². The van der Waals surface area contributed by atoms with Gasteiger partial charge in [-0.05, 0) is 46.4 Å². The third kappa shape index (κ3) is 3.23. The summed E-state index contributed by atoms with van der Waals surface area (Å²) in [6, 6.07) is 13.8. The van der Waals surface area contributed by atoms with Gasteiger partial charge in [-0.25, -0.2) is 4.79 Å². The van der Waals surface area contributed by atoms with Crippen LogP contribution in [0.3, 0.4) is 0 Å². The molecule has 2 aromatic carbocycles. The summed E-state index contributed by atoms with van der Waals surface area (Å²) in [6.07, 6.45) is 0. The van der Waals surface area contributed by atoms with Crippen LogP contribution in [0.5, 0.6) is 5.75 Å². The summed E-state index contributed by atoms with van der Waals surface area (Å²) in [7, 11) is 1.55. The molecule has 1 heterocycles. The molecule has 24 heavy (non-hydrogen) atoms. The van der Waals surface area contributed by atoms with Gasteiger partial charge in [0.25, 0.3) is 0 Å². The predicted molar refractivity (Wildman–Crippen MR) is 89.5 cm³/mol. The largest absolute Gasteiger partial charge is 0.497 e. The molecule has 0 saturated heterocycles. The zero-order valence-corrected chi connectivity index (χ0v) is 14.2. The number of methoxy groups -OCH3 is 1. The van der Waals surface area contributed by atoms with Crippen LogP contribution in [0.4, 0.5) is 5.69 Å². The molecule has 0 unspecified atom stereocenters. The molecular weight excluding hydrogens is 378 g/mol. The van der Waals surface area contributed by atoms with E-state index >= 15 is 0 Å². The van der Waals surface area contributed by atoms with Gasteiger partial charge in [0.15, 0.2) is 0 Å². The Balaban J connectivity index is 1.92. The second-order valence-electron chi connectivity index (χ2n) is 4.82. The van der Waals surface area contributed by atoms with Crippen molar-refractivity contribution in [1.29, 1.82) is 0 Å². The molecule has 0 aliphatic carbocycles. The number of rotatable bonds is 4. The molecule has 122 valence electrons. The van der Waals surface area contributed by atoms with Gasteiger partial charge in [0.1, 0.15) is 5.75 Å². The highest BCUT2D eigenvalue weighted by Crippen LogP contribution is 2.15. The number of anilines is 1. The van der Waals surface area contributed by atoms with Crippen molar-refractivity contribution in [3.05, 3.63) is 69.1 Å². The van der Waals surface area contributed by atoms with Crippen molar-refractivity contribution in [3.63, 3.8) is 0 Å². The third-order valence-electron chi connectivity index (χ3n) is 3.29. The zero-order chi connectivity index (χ0) is 17.1. The highest BCUT2D eigenvalue weighted by atomic mass is 79.9. The van der Waals surface area contributed by atoms with Gasteiger partial charge in [-0.2, -0.15) is 0 Å². The van der Waals surface area contributed by atoms with Crippen molar-refractivity contribution >= 4 is 27.5 Å². The average molecular weight is 391 g/mol. The van der Waals surface area contributed by atoms with Gasteiger partial charge in [-0.1, -0.05) is 15.9 Å². The van der Waals surface area contributed by atoms with Crippen molar-refractivity contribution in [1.82, 2.24) is 5.27 Å². The molecule has 2 N–H and O–H groups in total. The van der Waals surface area contributed by atoms with Gasteiger partial charge in [0.2, 0.25) is 5.69 Å². The lowest BCUT2D eigenvalue weighted by Gasteiger charge is -2.01. The highest BCUT2D eigenvalue weighted by Gasteiger charge is 2.30. The molecule has 3 rings (SSSR count). The molecule has 0 saturated carbocycles. The molecule has 0 spiro atoms. The number of aromatic amines is 1. The lowest BCUT2D eigenvalue weighted by atomic mass is 10.3. The number of amides is 1. The summed E-state index contributed by atoms with van der Waals surface area (Å²) >= 11 is 3.32. The smallest absolute Gasteiger partial charge is 0.441 e. The summed E-state index contributed by atoms with van der Waals surface area (Å²) < 4.78 is 12.0. The first-order valence-corrected chi connectivity index (χ1v) is 7.72. The molecule has 0 aliphatic heterocycles. The number of nitrogens with zero attached hydrogens (tertiary/aromatic N) is 1. The van der Waals surface area contributed by atoms with Gasteiger partial charge in [0, 0.05) is 22.3 Å². The Labute approximate surface area is 144 Å². The van der Waals surface area contributed by atoms with Gasteiger partial charge >= 0.3 is 17.2 Å². The fourth-order valence-corrected chi connectivity index (χ4v) is 2.37. The standard InChI is InChI=1S/C16H12BrN3O4/c1-23-13-8-6-12(7-9-13)20-14(16(22)24-19-20)15(21)18-11-4-2-10(17)3-5-11/h2-9H,1H3,(H-,18,19,21,22)/p+1. The summed E-state index contributed by atoms with van der Waals surface area (Å²) in [5, 5.41) is 5.08. The molecule has 1 amide bonds. The molecule has 3 aromatic rings. The second-order valence-corrected chi connectivity index (χ2v) is 5.74. The monoisotopic (exact) mass is 390 g/mol. The Bertz CT molecular complexity index is 914.